The molecule has 1 unspecified atom stereocenters. The Morgan fingerprint density at radius 3 is 2.39 bits per heavy atom. The van der Waals surface area contributed by atoms with Gasteiger partial charge in [-0.25, -0.2) is 4.79 Å². The number of esters is 1. The van der Waals surface area contributed by atoms with Crippen LogP contribution in [0.25, 0.3) is 0 Å². The molecule has 0 aromatic carbocycles. The molecule has 1 amide bonds. The van der Waals surface area contributed by atoms with Gasteiger partial charge < -0.3 is 14.2 Å². The second-order valence-corrected chi connectivity index (χ2v) is 7.47. The van der Waals surface area contributed by atoms with E-state index < -0.39 is 12.0 Å². The van der Waals surface area contributed by atoms with Crippen LogP contribution in [0.5, 0.6) is 0 Å². The molecular weight excluding hydrogens is 356 g/mol. The molecule has 0 aliphatic heterocycles. The van der Waals surface area contributed by atoms with Crippen molar-refractivity contribution in [1.82, 2.24) is 9.47 Å². The predicted molar refractivity (Wildman–Crippen MR) is 109 cm³/mol. The molecule has 1 aliphatic rings. The minimum Gasteiger partial charge on any atom is -0.464 e. The maximum absolute atomic E-state index is 13.4. The zero-order chi connectivity index (χ0) is 21.0. The SMILES string of the molecule is C=CCN(C(=O)C1CCCC1)C(C)C(=O)c1c(C)c(C(=O)OC)n(CC)c1C. The number of amides is 1. The van der Waals surface area contributed by atoms with Crippen LogP contribution in [-0.4, -0.2) is 46.8 Å². The number of rotatable bonds is 8. The summed E-state index contributed by atoms with van der Waals surface area (Å²) in [6.07, 6.45) is 5.53. The van der Waals surface area contributed by atoms with Crippen LogP contribution in [0.4, 0.5) is 0 Å². The summed E-state index contributed by atoms with van der Waals surface area (Å²) in [6.45, 7) is 11.9. The number of aromatic nitrogens is 1. The normalized spacial score (nSPS) is 15.3. The molecular formula is C22H32N2O4. The molecule has 0 saturated heterocycles. The third-order valence-electron chi connectivity index (χ3n) is 5.87. The van der Waals surface area contributed by atoms with E-state index in [1.165, 1.54) is 7.11 Å². The van der Waals surface area contributed by atoms with E-state index in [1.54, 1.807) is 29.4 Å². The monoisotopic (exact) mass is 388 g/mol. The zero-order valence-corrected chi connectivity index (χ0v) is 17.7. The van der Waals surface area contributed by atoms with Gasteiger partial charge in [0, 0.05) is 30.3 Å². The van der Waals surface area contributed by atoms with Gasteiger partial charge in [-0.1, -0.05) is 18.9 Å². The van der Waals surface area contributed by atoms with Crippen LogP contribution in [0, 0.1) is 19.8 Å². The van der Waals surface area contributed by atoms with Crippen LogP contribution < -0.4 is 0 Å². The number of hydrogen-bond donors (Lipinski definition) is 0. The number of ether oxygens (including phenoxy) is 1. The molecule has 1 aromatic rings. The van der Waals surface area contributed by atoms with Gasteiger partial charge >= 0.3 is 5.97 Å². The number of methoxy groups -OCH3 is 1. The van der Waals surface area contributed by atoms with Crippen LogP contribution in [-0.2, 0) is 16.1 Å². The van der Waals surface area contributed by atoms with Crippen molar-refractivity contribution in [1.29, 1.82) is 0 Å². The van der Waals surface area contributed by atoms with E-state index in [2.05, 4.69) is 6.58 Å². The van der Waals surface area contributed by atoms with E-state index >= 15 is 0 Å². The molecule has 0 spiro atoms. The Morgan fingerprint density at radius 1 is 1.29 bits per heavy atom. The highest BCUT2D eigenvalue weighted by Gasteiger charge is 2.35. The smallest absolute Gasteiger partial charge is 0.354 e. The highest BCUT2D eigenvalue weighted by molar-refractivity contribution is 6.06. The molecule has 1 aliphatic carbocycles. The van der Waals surface area contributed by atoms with Gasteiger partial charge in [0.25, 0.3) is 0 Å². The number of Topliss-reactive ketones (excluding diaryl/α,β-unsaturated/α-hetero) is 1. The van der Waals surface area contributed by atoms with Gasteiger partial charge in [-0.15, -0.1) is 6.58 Å². The zero-order valence-electron chi connectivity index (χ0n) is 17.7. The van der Waals surface area contributed by atoms with Gasteiger partial charge in [-0.05, 0) is 46.1 Å². The molecule has 0 radical (unpaired) electrons. The summed E-state index contributed by atoms with van der Waals surface area (Å²) in [4.78, 5) is 40.3. The third kappa shape index (κ3) is 3.91. The van der Waals surface area contributed by atoms with Crippen LogP contribution in [0.2, 0.25) is 0 Å². The molecule has 0 bridgehead atoms. The average Bonchev–Trinajstić information content (AvgIpc) is 3.30. The molecule has 6 heteroatoms. The fraction of sp³-hybridized carbons (Fsp3) is 0.591. The van der Waals surface area contributed by atoms with Gasteiger partial charge in [-0.3, -0.25) is 9.59 Å². The van der Waals surface area contributed by atoms with Crippen molar-refractivity contribution in [3.63, 3.8) is 0 Å². The lowest BCUT2D eigenvalue weighted by molar-refractivity contribution is -0.136. The maximum atomic E-state index is 13.4. The highest BCUT2D eigenvalue weighted by Crippen LogP contribution is 2.29. The quantitative estimate of drug-likeness (QED) is 0.387. The van der Waals surface area contributed by atoms with Crippen molar-refractivity contribution in [2.75, 3.05) is 13.7 Å². The van der Waals surface area contributed by atoms with E-state index in [-0.39, 0.29) is 17.6 Å². The molecule has 1 saturated carbocycles. The average molecular weight is 389 g/mol. The highest BCUT2D eigenvalue weighted by atomic mass is 16.5. The molecule has 1 fully saturated rings. The first-order chi connectivity index (χ1) is 13.3. The Hall–Kier alpha value is -2.37. The standard InChI is InChI=1S/C22H32N2O4/c1-7-13-24(21(26)17-11-9-10-12-17)16(5)20(25)18-14(3)19(22(27)28-6)23(8-2)15(18)4/h7,16-17H,1,8-13H2,2-6H3. The van der Waals surface area contributed by atoms with Crippen molar-refractivity contribution in [2.45, 2.75) is 66.0 Å². The molecule has 6 nitrogen and oxygen atoms in total. The summed E-state index contributed by atoms with van der Waals surface area (Å²) in [5.41, 5.74) is 2.23. The molecule has 2 rings (SSSR count). The van der Waals surface area contributed by atoms with E-state index in [0.717, 1.165) is 31.4 Å². The molecule has 1 heterocycles. The Bertz CT molecular complexity index is 772. The Kier molecular flexibility index (Phi) is 7.22. The Balaban J connectivity index is 2.42. The molecule has 0 N–H and O–H groups in total. The van der Waals surface area contributed by atoms with Crippen molar-refractivity contribution in [3.05, 3.63) is 35.2 Å². The van der Waals surface area contributed by atoms with Gasteiger partial charge in [0.15, 0.2) is 5.78 Å². The van der Waals surface area contributed by atoms with E-state index in [0.29, 0.717) is 29.9 Å². The largest absolute Gasteiger partial charge is 0.464 e. The van der Waals surface area contributed by atoms with E-state index in [1.807, 2.05) is 13.8 Å². The number of carbonyl (C=O) groups excluding carboxylic acids is 3. The summed E-state index contributed by atoms with van der Waals surface area (Å²) in [5, 5.41) is 0. The summed E-state index contributed by atoms with van der Waals surface area (Å²) >= 11 is 0. The lowest BCUT2D eigenvalue weighted by Gasteiger charge is -2.30. The maximum Gasteiger partial charge on any atom is 0.354 e. The van der Waals surface area contributed by atoms with Crippen LogP contribution in [0.15, 0.2) is 12.7 Å². The summed E-state index contributed by atoms with van der Waals surface area (Å²) in [6, 6.07) is -0.623. The fourth-order valence-corrected chi connectivity index (χ4v) is 4.35. The van der Waals surface area contributed by atoms with Crippen LogP contribution in [0.3, 0.4) is 0 Å². The van der Waals surface area contributed by atoms with E-state index in [4.69, 9.17) is 4.74 Å². The minimum atomic E-state index is -0.623. The lowest BCUT2D eigenvalue weighted by atomic mass is 9.98. The number of ketones is 1. The number of hydrogen-bond acceptors (Lipinski definition) is 4. The first kappa shape index (κ1) is 21.9. The number of carbonyl (C=O) groups is 3. The number of nitrogens with zero attached hydrogens (tertiary/aromatic N) is 2. The van der Waals surface area contributed by atoms with Gasteiger partial charge in [0.1, 0.15) is 5.69 Å². The van der Waals surface area contributed by atoms with E-state index in [9.17, 15) is 14.4 Å². The molecule has 28 heavy (non-hydrogen) atoms. The topological polar surface area (TPSA) is 68.6 Å². The van der Waals surface area contributed by atoms with Gasteiger partial charge in [0.05, 0.1) is 13.2 Å². The van der Waals surface area contributed by atoms with Gasteiger partial charge in [0.2, 0.25) is 5.91 Å². The van der Waals surface area contributed by atoms with Crippen molar-refractivity contribution < 1.29 is 19.1 Å². The molecule has 154 valence electrons. The summed E-state index contributed by atoms with van der Waals surface area (Å²) < 4.78 is 6.71. The first-order valence-corrected chi connectivity index (χ1v) is 10.0. The third-order valence-corrected chi connectivity index (χ3v) is 5.87. The van der Waals surface area contributed by atoms with Crippen molar-refractivity contribution in [2.24, 2.45) is 5.92 Å². The first-order valence-electron chi connectivity index (χ1n) is 10.0. The predicted octanol–water partition coefficient (Wildman–Crippen LogP) is 3.69. The fourth-order valence-electron chi connectivity index (χ4n) is 4.35. The Morgan fingerprint density at radius 2 is 1.89 bits per heavy atom. The van der Waals surface area contributed by atoms with Gasteiger partial charge in [-0.2, -0.15) is 0 Å². The second kappa shape index (κ2) is 9.22. The Labute approximate surface area is 167 Å². The summed E-state index contributed by atoms with van der Waals surface area (Å²) in [7, 11) is 1.33. The lowest BCUT2D eigenvalue weighted by Crippen LogP contribution is -2.46. The molecule has 1 atom stereocenters. The summed E-state index contributed by atoms with van der Waals surface area (Å²) in [5.74, 6) is -0.598. The van der Waals surface area contributed by atoms with Crippen LogP contribution >= 0.6 is 0 Å². The second-order valence-electron chi connectivity index (χ2n) is 7.47. The van der Waals surface area contributed by atoms with Crippen LogP contribution in [0.1, 0.15) is 71.6 Å². The van der Waals surface area contributed by atoms with Crippen molar-refractivity contribution in [3.8, 4) is 0 Å². The molecule has 1 aromatic heterocycles. The minimum absolute atomic E-state index is 0.0109. The van der Waals surface area contributed by atoms with Crippen molar-refractivity contribution >= 4 is 17.7 Å².